The smallest absolute Gasteiger partial charge is 0.286 e. The molecule has 0 aliphatic heterocycles. The van der Waals surface area contributed by atoms with Crippen molar-refractivity contribution in [2.75, 3.05) is 0 Å². The highest BCUT2D eigenvalue weighted by atomic mass is 16.2. The van der Waals surface area contributed by atoms with Gasteiger partial charge in [0.15, 0.2) is 12.4 Å². The molecule has 2 aromatic rings. The van der Waals surface area contributed by atoms with Crippen LogP contribution in [0.4, 0.5) is 0 Å². The van der Waals surface area contributed by atoms with Crippen LogP contribution in [0.5, 0.6) is 0 Å². The average molecular weight is 243 g/mol. The third-order valence-electron chi connectivity index (χ3n) is 2.59. The molecule has 3 nitrogen and oxygen atoms in total. The maximum Gasteiger partial charge on any atom is 0.286 e. The van der Waals surface area contributed by atoms with E-state index in [-0.39, 0.29) is 11.4 Å². The number of amides is 1. The van der Waals surface area contributed by atoms with Crippen molar-refractivity contribution in [3.05, 3.63) is 42.7 Å². The Hall–Kier alpha value is -1.90. The molecule has 1 heterocycles. The summed E-state index contributed by atoms with van der Waals surface area (Å²) in [5, 5.41) is 5.28. The van der Waals surface area contributed by atoms with Crippen LogP contribution in [0, 0.1) is 0 Å². The van der Waals surface area contributed by atoms with Gasteiger partial charge in [0.2, 0.25) is 6.54 Å². The lowest BCUT2D eigenvalue weighted by atomic mass is 10.1. The number of nitrogens with one attached hydrogen (secondary N) is 1. The van der Waals surface area contributed by atoms with Crippen molar-refractivity contribution in [1.82, 2.24) is 5.32 Å². The van der Waals surface area contributed by atoms with Crippen LogP contribution >= 0.6 is 0 Å². The maximum absolute atomic E-state index is 11.8. The minimum atomic E-state index is -0.186. The third kappa shape index (κ3) is 3.29. The van der Waals surface area contributed by atoms with Crippen LogP contribution in [0.25, 0.3) is 10.8 Å². The second kappa shape index (κ2) is 4.77. The first-order chi connectivity index (χ1) is 8.44. The number of rotatable bonds is 2. The molecular formula is C15H19N2O+. The highest BCUT2D eigenvalue weighted by Gasteiger charge is 2.17. The molecule has 0 atom stereocenters. The lowest BCUT2D eigenvalue weighted by Crippen LogP contribution is -2.48. The summed E-state index contributed by atoms with van der Waals surface area (Å²) in [6.45, 7) is 6.30. The standard InChI is InChI=1S/C15H18N2O/c1-15(2,3)16-14(18)11-17-9-8-12-6-4-5-7-13(12)10-17/h4-10H,11H2,1-3H3/p+1. The van der Waals surface area contributed by atoms with Crippen molar-refractivity contribution in [3.8, 4) is 0 Å². The number of hydrogen-bond acceptors (Lipinski definition) is 1. The topological polar surface area (TPSA) is 33.0 Å². The van der Waals surface area contributed by atoms with Crippen molar-refractivity contribution in [3.63, 3.8) is 0 Å². The van der Waals surface area contributed by atoms with Gasteiger partial charge in [-0.1, -0.05) is 18.2 Å². The Bertz CT molecular complexity index is 570. The van der Waals surface area contributed by atoms with Gasteiger partial charge >= 0.3 is 0 Å². The van der Waals surface area contributed by atoms with E-state index < -0.39 is 0 Å². The Balaban J connectivity index is 2.15. The van der Waals surface area contributed by atoms with E-state index >= 15 is 0 Å². The zero-order chi connectivity index (χ0) is 13.2. The lowest BCUT2D eigenvalue weighted by Gasteiger charge is -2.19. The van der Waals surface area contributed by atoms with Crippen molar-refractivity contribution in [1.29, 1.82) is 0 Å². The summed E-state index contributed by atoms with van der Waals surface area (Å²) < 4.78 is 1.91. The van der Waals surface area contributed by atoms with Crippen LogP contribution in [-0.2, 0) is 11.3 Å². The molecule has 1 aromatic heterocycles. The number of aromatic nitrogens is 1. The predicted molar refractivity (Wildman–Crippen MR) is 72.0 cm³/mol. The SMILES string of the molecule is CC(C)(C)NC(=O)C[n+]1ccc2ccccc2c1. The van der Waals surface area contributed by atoms with Crippen molar-refractivity contribution < 1.29 is 9.36 Å². The number of pyridine rings is 1. The zero-order valence-corrected chi connectivity index (χ0v) is 11.1. The number of nitrogens with zero attached hydrogens (tertiary/aromatic N) is 1. The minimum Gasteiger partial charge on any atom is -0.346 e. The fourth-order valence-electron chi connectivity index (χ4n) is 1.90. The van der Waals surface area contributed by atoms with Crippen LogP contribution in [-0.4, -0.2) is 11.4 Å². The summed E-state index contributed by atoms with van der Waals surface area (Å²) >= 11 is 0. The lowest BCUT2D eigenvalue weighted by molar-refractivity contribution is -0.683. The third-order valence-corrected chi connectivity index (χ3v) is 2.59. The van der Waals surface area contributed by atoms with Crippen LogP contribution in [0.1, 0.15) is 20.8 Å². The summed E-state index contributed by atoms with van der Waals surface area (Å²) in [6, 6.07) is 10.2. The normalized spacial score (nSPS) is 11.5. The molecule has 2 rings (SSSR count). The van der Waals surface area contributed by atoms with E-state index in [1.54, 1.807) is 0 Å². The average Bonchev–Trinajstić information content (AvgIpc) is 2.26. The summed E-state index contributed by atoms with van der Waals surface area (Å²) in [4.78, 5) is 11.8. The van der Waals surface area contributed by atoms with Gasteiger partial charge in [0.1, 0.15) is 0 Å². The number of benzene rings is 1. The fourth-order valence-corrected chi connectivity index (χ4v) is 1.90. The Labute approximate surface area is 107 Å². The second-order valence-corrected chi connectivity index (χ2v) is 5.54. The van der Waals surface area contributed by atoms with Gasteiger partial charge in [-0.15, -0.1) is 0 Å². The van der Waals surface area contributed by atoms with Crippen molar-refractivity contribution >= 4 is 16.7 Å². The molecule has 1 N–H and O–H groups in total. The molecule has 0 saturated heterocycles. The highest BCUT2D eigenvalue weighted by Crippen LogP contribution is 2.09. The van der Waals surface area contributed by atoms with Gasteiger partial charge in [0, 0.05) is 17.0 Å². The summed E-state index contributed by atoms with van der Waals surface area (Å²) in [6.07, 6.45) is 3.93. The molecular weight excluding hydrogens is 224 g/mol. The van der Waals surface area contributed by atoms with Gasteiger partial charge in [-0.25, -0.2) is 0 Å². The van der Waals surface area contributed by atoms with E-state index in [0.717, 1.165) is 5.39 Å². The minimum absolute atomic E-state index is 0.0304. The number of hydrogen-bond donors (Lipinski definition) is 1. The molecule has 0 radical (unpaired) electrons. The number of carbonyl (C=O) groups is 1. The fraction of sp³-hybridized carbons (Fsp3) is 0.333. The molecule has 0 unspecified atom stereocenters. The van der Waals surface area contributed by atoms with Crippen LogP contribution in [0.15, 0.2) is 42.7 Å². The Morgan fingerprint density at radius 2 is 1.83 bits per heavy atom. The molecule has 0 saturated carbocycles. The highest BCUT2D eigenvalue weighted by molar-refractivity contribution is 5.80. The molecule has 3 heteroatoms. The molecule has 0 bridgehead atoms. The van der Waals surface area contributed by atoms with Gasteiger partial charge in [-0.3, -0.25) is 4.79 Å². The predicted octanol–water partition coefficient (Wildman–Crippen LogP) is 2.04. The molecule has 0 fully saturated rings. The van der Waals surface area contributed by atoms with E-state index in [9.17, 15) is 4.79 Å². The summed E-state index contributed by atoms with van der Waals surface area (Å²) in [7, 11) is 0. The first-order valence-electron chi connectivity index (χ1n) is 6.13. The first kappa shape index (κ1) is 12.6. The van der Waals surface area contributed by atoms with Gasteiger partial charge in [-0.2, -0.15) is 4.57 Å². The van der Waals surface area contributed by atoms with Crippen LogP contribution < -0.4 is 9.88 Å². The van der Waals surface area contributed by atoms with Crippen LogP contribution in [0.2, 0.25) is 0 Å². The molecule has 0 aliphatic carbocycles. The largest absolute Gasteiger partial charge is 0.346 e. The van der Waals surface area contributed by atoms with Crippen molar-refractivity contribution in [2.24, 2.45) is 0 Å². The Morgan fingerprint density at radius 1 is 1.17 bits per heavy atom. The van der Waals surface area contributed by atoms with E-state index in [0.29, 0.717) is 6.54 Å². The van der Waals surface area contributed by atoms with Crippen molar-refractivity contribution in [2.45, 2.75) is 32.9 Å². The van der Waals surface area contributed by atoms with Gasteiger partial charge in [0.05, 0.1) is 0 Å². The molecule has 0 spiro atoms. The van der Waals surface area contributed by atoms with Gasteiger partial charge < -0.3 is 5.32 Å². The van der Waals surface area contributed by atoms with E-state index in [4.69, 9.17) is 0 Å². The molecule has 1 aromatic carbocycles. The quantitative estimate of drug-likeness (QED) is 0.804. The van der Waals surface area contributed by atoms with Gasteiger partial charge in [-0.05, 0) is 32.2 Å². The molecule has 0 aliphatic rings. The molecule has 1 amide bonds. The molecule has 18 heavy (non-hydrogen) atoms. The number of fused-ring (bicyclic) bond motifs is 1. The van der Waals surface area contributed by atoms with E-state index in [1.165, 1.54) is 5.39 Å². The summed E-state index contributed by atoms with van der Waals surface area (Å²) in [5.41, 5.74) is -0.186. The Kier molecular flexibility index (Phi) is 3.32. The zero-order valence-electron chi connectivity index (χ0n) is 11.1. The van der Waals surface area contributed by atoms with Gasteiger partial charge in [0.25, 0.3) is 5.91 Å². The maximum atomic E-state index is 11.8. The van der Waals surface area contributed by atoms with E-state index in [2.05, 4.69) is 11.4 Å². The molecule has 94 valence electrons. The van der Waals surface area contributed by atoms with E-state index in [1.807, 2.05) is 62.0 Å². The van der Waals surface area contributed by atoms with Crippen LogP contribution in [0.3, 0.4) is 0 Å². The summed E-state index contributed by atoms with van der Waals surface area (Å²) in [5.74, 6) is 0.0304. The second-order valence-electron chi connectivity index (χ2n) is 5.54. The Morgan fingerprint density at radius 3 is 2.50 bits per heavy atom. The number of carbonyl (C=O) groups excluding carboxylic acids is 1. The monoisotopic (exact) mass is 243 g/mol. The first-order valence-corrected chi connectivity index (χ1v) is 6.13.